The maximum Gasteiger partial charge on any atom is 0.328 e. The van der Waals surface area contributed by atoms with Crippen LogP contribution in [0.5, 0.6) is 0 Å². The zero-order valence-corrected chi connectivity index (χ0v) is 10.0. The maximum absolute atomic E-state index is 10.5. The Bertz CT molecular complexity index is 396. The van der Waals surface area contributed by atoms with Crippen LogP contribution in [0.25, 0.3) is 0 Å². The molecule has 0 aromatic carbocycles. The molecule has 0 saturated heterocycles. The second-order valence-electron chi connectivity index (χ2n) is 3.62. The Labute approximate surface area is 109 Å². The zero-order chi connectivity index (χ0) is 14.9. The molecule has 0 spiro atoms. The molecular formula is C13H14O6. The Morgan fingerprint density at radius 2 is 1.16 bits per heavy atom. The molecule has 0 aliphatic heterocycles. The van der Waals surface area contributed by atoms with Crippen LogP contribution in [-0.2, 0) is 14.4 Å². The Kier molecular flexibility index (Phi) is 6.59. The number of hydrogen-bond donors (Lipinski definition) is 3. The molecule has 0 radical (unpaired) electrons. The van der Waals surface area contributed by atoms with E-state index in [2.05, 4.69) is 6.58 Å². The van der Waals surface area contributed by atoms with Crippen LogP contribution in [0.1, 0.15) is 6.42 Å². The van der Waals surface area contributed by atoms with Gasteiger partial charge >= 0.3 is 17.9 Å². The van der Waals surface area contributed by atoms with E-state index >= 15 is 0 Å². The predicted octanol–water partition coefficient (Wildman–Crippen LogP) is 1.47. The van der Waals surface area contributed by atoms with Gasteiger partial charge in [-0.05, 0) is 6.42 Å². The minimum atomic E-state index is -1.22. The molecule has 6 nitrogen and oxygen atoms in total. The van der Waals surface area contributed by atoms with Crippen molar-refractivity contribution in [1.82, 2.24) is 0 Å². The summed E-state index contributed by atoms with van der Waals surface area (Å²) >= 11 is 0. The van der Waals surface area contributed by atoms with Crippen molar-refractivity contribution in [2.75, 3.05) is 0 Å². The van der Waals surface area contributed by atoms with Crippen molar-refractivity contribution < 1.29 is 29.7 Å². The van der Waals surface area contributed by atoms with E-state index in [1.165, 1.54) is 24.3 Å². The highest BCUT2D eigenvalue weighted by Crippen LogP contribution is 2.28. The van der Waals surface area contributed by atoms with Crippen LogP contribution in [-0.4, -0.2) is 33.2 Å². The van der Waals surface area contributed by atoms with E-state index in [-0.39, 0.29) is 6.42 Å². The van der Waals surface area contributed by atoms with Crippen molar-refractivity contribution >= 4 is 17.9 Å². The summed E-state index contributed by atoms with van der Waals surface area (Å²) in [5.41, 5.74) is -1.16. The summed E-state index contributed by atoms with van der Waals surface area (Å²) in [5.74, 6) is -3.66. The first kappa shape index (κ1) is 16.4. The van der Waals surface area contributed by atoms with Crippen LogP contribution in [0, 0.1) is 5.41 Å². The Morgan fingerprint density at radius 3 is 1.37 bits per heavy atom. The summed E-state index contributed by atoms with van der Waals surface area (Å²) < 4.78 is 0. The molecule has 0 aliphatic carbocycles. The van der Waals surface area contributed by atoms with Gasteiger partial charge in [0.2, 0.25) is 0 Å². The Hall–Kier alpha value is -2.63. The molecule has 0 bridgehead atoms. The number of aliphatic carboxylic acids is 3. The van der Waals surface area contributed by atoms with Crippen molar-refractivity contribution in [2.24, 2.45) is 5.41 Å². The summed E-state index contributed by atoms with van der Waals surface area (Å²) in [7, 11) is 0. The van der Waals surface area contributed by atoms with Crippen LogP contribution >= 0.6 is 0 Å². The zero-order valence-electron chi connectivity index (χ0n) is 10.0. The molecule has 0 atom stereocenters. The topological polar surface area (TPSA) is 112 Å². The number of carbonyl (C=O) groups is 3. The number of carboxylic acids is 3. The fourth-order valence-electron chi connectivity index (χ4n) is 1.30. The molecule has 0 saturated carbocycles. The molecule has 0 heterocycles. The van der Waals surface area contributed by atoms with Gasteiger partial charge in [-0.3, -0.25) is 0 Å². The molecule has 0 aromatic rings. The van der Waals surface area contributed by atoms with Crippen molar-refractivity contribution in [3.8, 4) is 0 Å². The standard InChI is InChI=1S/C13H14O6/c1-2-6-13(7-3-10(14)15,8-4-11(16)17)9-5-12(18)19/h2-5,7-9H,1,6H2,(H,14,15)(H,16,17)(H,18,19). The summed E-state index contributed by atoms with van der Waals surface area (Å²) in [4.78, 5) is 31.6. The number of hydrogen-bond acceptors (Lipinski definition) is 3. The number of carboxylic acid groups (broad SMARTS) is 3. The molecular weight excluding hydrogens is 252 g/mol. The van der Waals surface area contributed by atoms with Gasteiger partial charge in [0.15, 0.2) is 0 Å². The van der Waals surface area contributed by atoms with E-state index < -0.39 is 23.3 Å². The third-order valence-electron chi connectivity index (χ3n) is 2.11. The van der Waals surface area contributed by atoms with Gasteiger partial charge in [0.25, 0.3) is 0 Å². The average Bonchev–Trinajstić information content (AvgIpc) is 2.31. The van der Waals surface area contributed by atoms with Crippen molar-refractivity contribution in [3.05, 3.63) is 49.1 Å². The van der Waals surface area contributed by atoms with Gasteiger partial charge < -0.3 is 15.3 Å². The van der Waals surface area contributed by atoms with Crippen LogP contribution < -0.4 is 0 Å². The van der Waals surface area contributed by atoms with Crippen LogP contribution in [0.4, 0.5) is 0 Å². The molecule has 0 rings (SSSR count). The molecule has 0 amide bonds. The Balaban J connectivity index is 5.56. The van der Waals surface area contributed by atoms with Crippen LogP contribution in [0.2, 0.25) is 0 Å². The first-order valence-electron chi connectivity index (χ1n) is 5.19. The van der Waals surface area contributed by atoms with Gasteiger partial charge in [-0.15, -0.1) is 6.58 Å². The highest BCUT2D eigenvalue weighted by molar-refractivity contribution is 5.82. The molecule has 3 N–H and O–H groups in total. The first-order valence-corrected chi connectivity index (χ1v) is 5.19. The van der Waals surface area contributed by atoms with Crippen molar-refractivity contribution in [1.29, 1.82) is 0 Å². The largest absolute Gasteiger partial charge is 0.478 e. The van der Waals surface area contributed by atoms with E-state index in [1.54, 1.807) is 0 Å². The van der Waals surface area contributed by atoms with E-state index in [0.29, 0.717) is 0 Å². The fraction of sp³-hybridized carbons (Fsp3) is 0.154. The minimum Gasteiger partial charge on any atom is -0.478 e. The molecule has 0 unspecified atom stereocenters. The summed E-state index contributed by atoms with van der Waals surface area (Å²) in [6.07, 6.45) is 7.67. The van der Waals surface area contributed by atoms with E-state index in [1.807, 2.05) is 0 Å². The SMILES string of the molecule is C=CCC(C=CC(=O)O)(C=CC(=O)O)C=CC(=O)O. The van der Waals surface area contributed by atoms with Gasteiger partial charge in [0.05, 0.1) is 0 Å². The summed E-state index contributed by atoms with van der Waals surface area (Å²) in [6.45, 7) is 3.48. The Morgan fingerprint density at radius 1 is 0.842 bits per heavy atom. The summed E-state index contributed by atoms with van der Waals surface area (Å²) in [5, 5.41) is 25.8. The highest BCUT2D eigenvalue weighted by atomic mass is 16.4. The lowest BCUT2D eigenvalue weighted by Crippen LogP contribution is -2.13. The minimum absolute atomic E-state index is 0.157. The third-order valence-corrected chi connectivity index (χ3v) is 2.11. The van der Waals surface area contributed by atoms with Gasteiger partial charge in [0.1, 0.15) is 0 Å². The first-order chi connectivity index (χ1) is 8.81. The fourth-order valence-corrected chi connectivity index (χ4v) is 1.30. The monoisotopic (exact) mass is 266 g/mol. The second-order valence-corrected chi connectivity index (χ2v) is 3.62. The van der Waals surface area contributed by atoms with Gasteiger partial charge in [-0.25, -0.2) is 14.4 Å². The quantitative estimate of drug-likeness (QED) is 0.453. The summed E-state index contributed by atoms with van der Waals surface area (Å²) in [6, 6.07) is 0. The van der Waals surface area contributed by atoms with Gasteiger partial charge in [0, 0.05) is 23.6 Å². The van der Waals surface area contributed by atoms with E-state index in [4.69, 9.17) is 15.3 Å². The normalized spacial score (nSPS) is 14.7. The third kappa shape index (κ3) is 7.32. The lowest BCUT2D eigenvalue weighted by Gasteiger charge is -2.21. The molecule has 19 heavy (non-hydrogen) atoms. The van der Waals surface area contributed by atoms with Gasteiger partial charge in [-0.1, -0.05) is 24.3 Å². The number of allylic oxidation sites excluding steroid dienone is 4. The predicted molar refractivity (Wildman–Crippen MR) is 67.6 cm³/mol. The second kappa shape index (κ2) is 7.65. The molecule has 102 valence electrons. The average molecular weight is 266 g/mol. The smallest absolute Gasteiger partial charge is 0.328 e. The lowest BCUT2D eigenvalue weighted by atomic mass is 9.83. The van der Waals surface area contributed by atoms with E-state index in [0.717, 1.165) is 18.2 Å². The van der Waals surface area contributed by atoms with E-state index in [9.17, 15) is 14.4 Å². The molecule has 6 heteroatoms. The van der Waals surface area contributed by atoms with Crippen molar-refractivity contribution in [3.63, 3.8) is 0 Å². The molecule has 0 aliphatic rings. The molecule has 0 aromatic heterocycles. The molecule has 0 fully saturated rings. The maximum atomic E-state index is 10.5. The van der Waals surface area contributed by atoms with Crippen LogP contribution in [0.3, 0.4) is 0 Å². The van der Waals surface area contributed by atoms with Gasteiger partial charge in [-0.2, -0.15) is 0 Å². The van der Waals surface area contributed by atoms with Crippen molar-refractivity contribution in [2.45, 2.75) is 6.42 Å². The number of rotatable bonds is 8. The van der Waals surface area contributed by atoms with Crippen LogP contribution in [0.15, 0.2) is 49.1 Å². The lowest BCUT2D eigenvalue weighted by molar-refractivity contribution is -0.132. The highest BCUT2D eigenvalue weighted by Gasteiger charge is 2.20.